The van der Waals surface area contributed by atoms with Crippen molar-refractivity contribution < 1.29 is 4.39 Å². The van der Waals surface area contributed by atoms with Crippen LogP contribution in [0.25, 0.3) is 10.4 Å². The number of hydrogen-bond acceptors (Lipinski definition) is 2. The third-order valence-corrected chi connectivity index (χ3v) is 3.03. The normalized spacial score (nSPS) is 10.4. The Labute approximate surface area is 86.0 Å². The van der Waals surface area contributed by atoms with E-state index in [9.17, 15) is 4.39 Å². The Morgan fingerprint density at radius 2 is 2.00 bits per heavy atom. The zero-order valence-electron chi connectivity index (χ0n) is 7.75. The topological polar surface area (TPSA) is 26.0 Å². The monoisotopic (exact) mass is 207 g/mol. The lowest BCUT2D eigenvalue weighted by Crippen LogP contribution is -1.87. The number of anilines is 1. The van der Waals surface area contributed by atoms with Crippen molar-refractivity contribution in [2.75, 3.05) is 5.73 Å². The molecule has 1 heterocycles. The Balaban J connectivity index is 2.52. The van der Waals surface area contributed by atoms with Crippen LogP contribution in [0.3, 0.4) is 0 Å². The summed E-state index contributed by atoms with van der Waals surface area (Å²) in [5.41, 5.74) is 6.55. The van der Waals surface area contributed by atoms with Crippen molar-refractivity contribution in [2.45, 2.75) is 6.92 Å². The van der Waals surface area contributed by atoms with Crippen molar-refractivity contribution in [2.24, 2.45) is 0 Å². The zero-order chi connectivity index (χ0) is 10.1. The minimum absolute atomic E-state index is 0.258. The molecule has 0 saturated heterocycles. The highest BCUT2D eigenvalue weighted by Crippen LogP contribution is 2.30. The highest BCUT2D eigenvalue weighted by molar-refractivity contribution is 7.15. The van der Waals surface area contributed by atoms with Crippen molar-refractivity contribution in [1.29, 1.82) is 0 Å². The predicted octanol–water partition coefficient (Wildman–Crippen LogP) is 3.44. The van der Waals surface area contributed by atoms with Gasteiger partial charge in [-0.3, -0.25) is 0 Å². The first kappa shape index (κ1) is 9.21. The number of nitrogen functional groups attached to an aromatic ring is 1. The summed E-state index contributed by atoms with van der Waals surface area (Å²) in [7, 11) is 0. The lowest BCUT2D eigenvalue weighted by atomic mass is 10.1. The molecule has 1 nitrogen and oxygen atoms in total. The second-order valence-corrected chi connectivity index (χ2v) is 4.44. The van der Waals surface area contributed by atoms with Crippen LogP contribution < -0.4 is 5.73 Å². The molecule has 0 atom stereocenters. The van der Waals surface area contributed by atoms with Crippen LogP contribution in [-0.4, -0.2) is 0 Å². The molecule has 14 heavy (non-hydrogen) atoms. The van der Waals surface area contributed by atoms with Crippen molar-refractivity contribution in [3.05, 3.63) is 41.0 Å². The smallest absolute Gasteiger partial charge is 0.133 e. The molecule has 2 N–H and O–H groups in total. The number of thiophene rings is 1. The van der Waals surface area contributed by atoms with Crippen LogP contribution in [-0.2, 0) is 0 Å². The number of hydrogen-bond donors (Lipinski definition) is 1. The summed E-state index contributed by atoms with van der Waals surface area (Å²) in [6.07, 6.45) is 0. The van der Waals surface area contributed by atoms with E-state index in [1.165, 1.54) is 10.9 Å². The van der Waals surface area contributed by atoms with Gasteiger partial charge in [-0.25, -0.2) is 4.39 Å². The maximum Gasteiger partial charge on any atom is 0.133 e. The lowest BCUT2D eigenvalue weighted by molar-refractivity contribution is 0.632. The number of halogens is 1. The molecule has 0 unspecified atom stereocenters. The van der Waals surface area contributed by atoms with E-state index in [1.807, 2.05) is 19.1 Å². The van der Waals surface area contributed by atoms with Gasteiger partial charge in [0.2, 0.25) is 0 Å². The second-order valence-electron chi connectivity index (χ2n) is 3.15. The fourth-order valence-corrected chi connectivity index (χ4v) is 2.21. The van der Waals surface area contributed by atoms with Gasteiger partial charge in [-0.15, -0.1) is 11.3 Å². The van der Waals surface area contributed by atoms with Crippen LogP contribution in [0.15, 0.2) is 30.3 Å². The molecule has 0 radical (unpaired) electrons. The van der Waals surface area contributed by atoms with Gasteiger partial charge in [0.15, 0.2) is 0 Å². The summed E-state index contributed by atoms with van der Waals surface area (Å²) in [4.78, 5) is 2.12. The van der Waals surface area contributed by atoms with Crippen molar-refractivity contribution >= 4 is 17.0 Å². The standard InChI is InChI=1S/C11H10FNS/c1-7-2-5-11(14-7)9-4-3-8(13)6-10(9)12/h2-6H,13H2,1H3. The average Bonchev–Trinajstić information content (AvgIpc) is 2.51. The molecule has 0 spiro atoms. The van der Waals surface area contributed by atoms with E-state index in [-0.39, 0.29) is 5.82 Å². The Morgan fingerprint density at radius 1 is 1.21 bits per heavy atom. The molecule has 2 rings (SSSR count). The van der Waals surface area contributed by atoms with Gasteiger partial charge in [-0.05, 0) is 37.3 Å². The highest BCUT2D eigenvalue weighted by Gasteiger charge is 2.06. The highest BCUT2D eigenvalue weighted by atomic mass is 32.1. The van der Waals surface area contributed by atoms with Crippen LogP contribution in [0.1, 0.15) is 4.88 Å². The molecule has 0 saturated carbocycles. The van der Waals surface area contributed by atoms with E-state index in [0.29, 0.717) is 11.3 Å². The van der Waals surface area contributed by atoms with Crippen molar-refractivity contribution in [3.63, 3.8) is 0 Å². The summed E-state index contributed by atoms with van der Waals surface area (Å²) in [6, 6.07) is 8.69. The second kappa shape index (κ2) is 3.42. The van der Waals surface area contributed by atoms with Crippen molar-refractivity contribution in [1.82, 2.24) is 0 Å². The molecule has 0 aliphatic carbocycles. The lowest BCUT2D eigenvalue weighted by Gasteiger charge is -2.00. The van der Waals surface area contributed by atoms with E-state index >= 15 is 0 Å². The molecule has 2 aromatic rings. The summed E-state index contributed by atoms with van der Waals surface area (Å²) in [5, 5.41) is 0. The van der Waals surface area contributed by atoms with Crippen LogP contribution in [0.5, 0.6) is 0 Å². The first-order valence-electron chi connectivity index (χ1n) is 4.28. The minimum atomic E-state index is -0.258. The van der Waals surface area contributed by atoms with Gasteiger partial charge >= 0.3 is 0 Å². The first-order chi connectivity index (χ1) is 6.66. The molecule has 72 valence electrons. The molecule has 3 heteroatoms. The Kier molecular flexibility index (Phi) is 2.25. The van der Waals surface area contributed by atoms with Crippen LogP contribution >= 0.6 is 11.3 Å². The fraction of sp³-hybridized carbons (Fsp3) is 0.0909. The molecule has 0 bridgehead atoms. The summed E-state index contributed by atoms with van der Waals surface area (Å²) < 4.78 is 13.5. The number of aryl methyl sites for hydroxylation is 1. The Morgan fingerprint density at radius 3 is 2.57 bits per heavy atom. The quantitative estimate of drug-likeness (QED) is 0.712. The molecule has 0 amide bonds. The SMILES string of the molecule is Cc1ccc(-c2ccc(N)cc2F)s1. The van der Waals surface area contributed by atoms with Gasteiger partial charge in [0, 0.05) is 21.0 Å². The molecule has 0 aliphatic rings. The largest absolute Gasteiger partial charge is 0.399 e. The van der Waals surface area contributed by atoms with Gasteiger partial charge < -0.3 is 5.73 Å². The minimum Gasteiger partial charge on any atom is -0.399 e. The van der Waals surface area contributed by atoms with Crippen LogP contribution in [0.4, 0.5) is 10.1 Å². The Hall–Kier alpha value is -1.35. The maximum atomic E-state index is 13.5. The molecular formula is C11H10FNS. The summed E-state index contributed by atoms with van der Waals surface area (Å²) in [6.45, 7) is 2.00. The number of nitrogens with two attached hydrogens (primary N) is 1. The fourth-order valence-electron chi connectivity index (χ4n) is 1.31. The molecular weight excluding hydrogens is 197 g/mol. The maximum absolute atomic E-state index is 13.5. The van der Waals surface area contributed by atoms with Gasteiger partial charge in [0.05, 0.1) is 0 Å². The first-order valence-corrected chi connectivity index (χ1v) is 5.10. The number of rotatable bonds is 1. The third-order valence-electron chi connectivity index (χ3n) is 2.00. The molecule has 0 aliphatic heterocycles. The van der Waals surface area contributed by atoms with E-state index in [0.717, 1.165) is 4.88 Å². The predicted molar refractivity (Wildman–Crippen MR) is 58.9 cm³/mol. The van der Waals surface area contributed by atoms with E-state index < -0.39 is 0 Å². The summed E-state index contributed by atoms with van der Waals surface area (Å²) in [5.74, 6) is -0.258. The third kappa shape index (κ3) is 1.63. The molecule has 1 aromatic heterocycles. The van der Waals surface area contributed by atoms with Crippen molar-refractivity contribution in [3.8, 4) is 10.4 Å². The summed E-state index contributed by atoms with van der Waals surface area (Å²) >= 11 is 1.58. The van der Waals surface area contributed by atoms with Gasteiger partial charge in [-0.2, -0.15) is 0 Å². The number of benzene rings is 1. The van der Waals surface area contributed by atoms with Gasteiger partial charge in [-0.1, -0.05) is 0 Å². The zero-order valence-corrected chi connectivity index (χ0v) is 8.57. The van der Waals surface area contributed by atoms with Gasteiger partial charge in [0.1, 0.15) is 5.82 Å². The van der Waals surface area contributed by atoms with Crippen LogP contribution in [0, 0.1) is 12.7 Å². The van der Waals surface area contributed by atoms with Crippen LogP contribution in [0.2, 0.25) is 0 Å². The van der Waals surface area contributed by atoms with Gasteiger partial charge in [0.25, 0.3) is 0 Å². The molecule has 0 fully saturated rings. The van der Waals surface area contributed by atoms with E-state index in [4.69, 9.17) is 5.73 Å². The van der Waals surface area contributed by atoms with E-state index in [2.05, 4.69) is 0 Å². The Bertz CT molecular complexity index is 462. The average molecular weight is 207 g/mol. The van der Waals surface area contributed by atoms with E-state index in [1.54, 1.807) is 23.5 Å². The molecule has 1 aromatic carbocycles.